The highest BCUT2D eigenvalue weighted by molar-refractivity contribution is 14.1. The largest absolute Gasteiger partial charge is 0.369 e. The van der Waals surface area contributed by atoms with E-state index in [9.17, 15) is 14.0 Å². The summed E-state index contributed by atoms with van der Waals surface area (Å²) < 4.78 is 28.4. The molecule has 0 N–H and O–H groups in total. The van der Waals surface area contributed by atoms with Gasteiger partial charge in [0.25, 0.3) is 11.8 Å². The average Bonchev–Trinajstić information content (AvgIpc) is 2.79. The fraction of sp³-hybridized carbons (Fsp3) is 0.364. The van der Waals surface area contributed by atoms with E-state index in [0.29, 0.717) is 5.56 Å². The number of nitrogens with zero attached hydrogens (tertiary/aromatic N) is 2. The van der Waals surface area contributed by atoms with Crippen molar-refractivity contribution in [3.05, 3.63) is 69.0 Å². The van der Waals surface area contributed by atoms with Gasteiger partial charge >= 0.3 is 0 Å². The summed E-state index contributed by atoms with van der Waals surface area (Å²) in [6.45, 7) is 0. The Labute approximate surface area is 209 Å². The van der Waals surface area contributed by atoms with E-state index >= 15 is 0 Å². The second kappa shape index (κ2) is 11.2. The van der Waals surface area contributed by atoms with Crippen molar-refractivity contribution in [2.45, 2.75) is 24.3 Å². The molecule has 6 nitrogen and oxygen atoms in total. The minimum Gasteiger partial charge on any atom is -0.369 e. The number of hydrogen-bond acceptors (Lipinski definition) is 6. The minimum absolute atomic E-state index is 0.0422. The van der Waals surface area contributed by atoms with Crippen LogP contribution in [0, 0.1) is 9.39 Å². The van der Waals surface area contributed by atoms with Crippen LogP contribution < -0.4 is 0 Å². The van der Waals surface area contributed by atoms with Crippen molar-refractivity contribution < 1.29 is 23.5 Å². The third-order valence-electron chi connectivity index (χ3n) is 5.35. The maximum atomic E-state index is 13.6. The summed E-state index contributed by atoms with van der Waals surface area (Å²) in [5.74, 6) is -0.357. The maximum absolute atomic E-state index is 13.6. The number of amides is 2. The molecule has 2 aliphatic heterocycles. The third-order valence-corrected chi connectivity index (χ3v) is 7.93. The lowest BCUT2D eigenvalue weighted by Crippen LogP contribution is -2.56. The fourth-order valence-electron chi connectivity index (χ4n) is 3.75. The van der Waals surface area contributed by atoms with Crippen molar-refractivity contribution in [1.82, 2.24) is 8.61 Å². The summed E-state index contributed by atoms with van der Waals surface area (Å²) in [5.41, 5.74) is 1.66. The van der Waals surface area contributed by atoms with E-state index in [1.807, 2.05) is 30.5 Å². The van der Waals surface area contributed by atoms with Gasteiger partial charge in [0.2, 0.25) is 0 Å². The zero-order valence-electron chi connectivity index (χ0n) is 18.0. The first kappa shape index (κ1) is 25.3. The Morgan fingerprint density at radius 3 is 1.69 bits per heavy atom. The molecule has 0 bridgehead atoms. The summed E-state index contributed by atoms with van der Waals surface area (Å²) in [5, 5.41) is 0. The number of rotatable bonds is 6. The van der Waals surface area contributed by atoms with Gasteiger partial charge in [-0.15, -0.1) is 0 Å². The van der Waals surface area contributed by atoms with Crippen molar-refractivity contribution in [3.63, 3.8) is 0 Å². The van der Waals surface area contributed by atoms with Crippen molar-refractivity contribution >= 4 is 58.3 Å². The van der Waals surface area contributed by atoms with Crippen molar-refractivity contribution in [1.29, 1.82) is 0 Å². The second-order valence-electron chi connectivity index (χ2n) is 6.94. The van der Waals surface area contributed by atoms with E-state index in [1.54, 1.807) is 35.9 Å². The van der Waals surface area contributed by atoms with Crippen LogP contribution in [0.3, 0.4) is 0 Å². The molecule has 0 aliphatic carbocycles. The SMILES string of the molecule is COC1C(=O)N(SC)C1c1ccccc1F.COC1C(=O)N(SC)C1c1ccccc1I. The Kier molecular flexibility index (Phi) is 8.84. The van der Waals surface area contributed by atoms with Gasteiger partial charge in [-0.1, -0.05) is 60.3 Å². The Morgan fingerprint density at radius 2 is 1.25 bits per heavy atom. The van der Waals surface area contributed by atoms with Gasteiger partial charge in [0.05, 0.1) is 0 Å². The van der Waals surface area contributed by atoms with E-state index in [1.165, 1.54) is 44.9 Å². The van der Waals surface area contributed by atoms with Crippen molar-refractivity contribution in [2.24, 2.45) is 0 Å². The van der Waals surface area contributed by atoms with Gasteiger partial charge in [0, 0.05) is 35.9 Å². The maximum Gasteiger partial charge on any atom is 0.264 e. The standard InChI is InChI=1S/C11H12FNO2S.C11H12INO2S/c2*1-15-10-9(13(16-2)11(10)14)7-5-3-4-6-8(7)12/h2*3-6,9-10H,1-2H3. The summed E-state index contributed by atoms with van der Waals surface area (Å²) >= 11 is 5.03. The number of carbonyl (C=O) groups is 2. The summed E-state index contributed by atoms with van der Waals surface area (Å²) in [7, 11) is 3.05. The summed E-state index contributed by atoms with van der Waals surface area (Å²) in [6.07, 6.45) is 2.80. The molecule has 4 unspecified atom stereocenters. The molecule has 2 fully saturated rings. The fourth-order valence-corrected chi connectivity index (χ4v) is 5.93. The topological polar surface area (TPSA) is 59.1 Å². The number of halogens is 2. The van der Waals surface area contributed by atoms with Gasteiger partial charge in [-0.3, -0.25) is 18.2 Å². The zero-order chi connectivity index (χ0) is 23.4. The van der Waals surface area contributed by atoms with Crippen LogP contribution in [0.15, 0.2) is 48.5 Å². The molecule has 0 aromatic heterocycles. The first-order chi connectivity index (χ1) is 15.4. The molecule has 2 aromatic carbocycles. The number of hydrogen-bond donors (Lipinski definition) is 0. The quantitative estimate of drug-likeness (QED) is 0.281. The van der Waals surface area contributed by atoms with Gasteiger partial charge in [-0.2, -0.15) is 0 Å². The van der Waals surface area contributed by atoms with Crippen LogP contribution in [0.5, 0.6) is 0 Å². The highest BCUT2D eigenvalue weighted by Gasteiger charge is 2.50. The van der Waals surface area contributed by atoms with E-state index in [4.69, 9.17) is 9.47 Å². The average molecular weight is 590 g/mol. The van der Waals surface area contributed by atoms with Crippen LogP contribution in [0.1, 0.15) is 23.2 Å². The molecule has 0 radical (unpaired) electrons. The number of benzene rings is 2. The highest BCUT2D eigenvalue weighted by atomic mass is 127. The van der Waals surface area contributed by atoms with Crippen LogP contribution in [0.25, 0.3) is 0 Å². The minimum atomic E-state index is -0.565. The van der Waals surface area contributed by atoms with Crippen LogP contribution in [0.2, 0.25) is 0 Å². The molecule has 172 valence electrons. The molecule has 2 aliphatic rings. The number of β-lactam (4-membered cyclic amide) rings is 2. The van der Waals surface area contributed by atoms with Crippen molar-refractivity contribution in [2.75, 3.05) is 26.7 Å². The molecule has 2 saturated heterocycles. The van der Waals surface area contributed by atoms with Gasteiger partial charge in [-0.25, -0.2) is 4.39 Å². The van der Waals surface area contributed by atoms with E-state index in [-0.39, 0.29) is 35.8 Å². The molecule has 0 spiro atoms. The molecule has 10 heteroatoms. The molecule has 32 heavy (non-hydrogen) atoms. The number of ether oxygens (including phenoxy) is 2. The van der Waals surface area contributed by atoms with Gasteiger partial charge < -0.3 is 9.47 Å². The summed E-state index contributed by atoms with van der Waals surface area (Å²) in [6, 6.07) is 14.3. The van der Waals surface area contributed by atoms with Crippen LogP contribution in [-0.4, -0.2) is 59.4 Å². The van der Waals surface area contributed by atoms with Gasteiger partial charge in [0.1, 0.15) is 17.9 Å². The Morgan fingerprint density at radius 1 is 0.812 bits per heavy atom. The van der Waals surface area contributed by atoms with E-state index in [0.717, 1.165) is 5.56 Å². The van der Waals surface area contributed by atoms with E-state index in [2.05, 4.69) is 22.6 Å². The normalized spacial score (nSPS) is 24.4. The van der Waals surface area contributed by atoms with Gasteiger partial charge in [0.15, 0.2) is 12.2 Å². The molecule has 4 rings (SSSR count). The first-order valence-electron chi connectivity index (χ1n) is 9.70. The monoisotopic (exact) mass is 590 g/mol. The molecule has 0 saturated carbocycles. The molecule has 4 atom stereocenters. The van der Waals surface area contributed by atoms with Crippen molar-refractivity contribution in [3.8, 4) is 0 Å². The molecular formula is C22H24FIN2O4S2. The zero-order valence-corrected chi connectivity index (χ0v) is 21.8. The number of methoxy groups -OCH3 is 2. The highest BCUT2D eigenvalue weighted by Crippen LogP contribution is 2.42. The molecular weight excluding hydrogens is 566 g/mol. The first-order valence-corrected chi connectivity index (χ1v) is 13.1. The number of carbonyl (C=O) groups excluding carboxylic acids is 2. The second-order valence-corrected chi connectivity index (χ2v) is 9.62. The van der Waals surface area contributed by atoms with Crippen LogP contribution in [0.4, 0.5) is 4.39 Å². The predicted molar refractivity (Wildman–Crippen MR) is 133 cm³/mol. The molecule has 2 amide bonds. The smallest absolute Gasteiger partial charge is 0.264 e. The molecule has 2 aromatic rings. The lowest BCUT2D eigenvalue weighted by Gasteiger charge is -2.44. The van der Waals surface area contributed by atoms with Crippen LogP contribution in [-0.2, 0) is 19.1 Å². The Bertz CT molecular complexity index is 877. The summed E-state index contributed by atoms with van der Waals surface area (Å²) in [4.78, 5) is 23.3. The Hall–Kier alpha value is -1.34. The lowest BCUT2D eigenvalue weighted by atomic mass is 9.93. The van der Waals surface area contributed by atoms with Crippen LogP contribution >= 0.6 is 46.5 Å². The van der Waals surface area contributed by atoms with E-state index < -0.39 is 6.10 Å². The third kappa shape index (κ3) is 4.65. The lowest BCUT2D eigenvalue weighted by molar-refractivity contribution is -0.159. The molecule has 2 heterocycles. The Balaban J connectivity index is 0.000000181. The van der Waals surface area contributed by atoms with Gasteiger partial charge in [-0.05, 0) is 40.3 Å². The predicted octanol–water partition coefficient (Wildman–Crippen LogP) is 4.47.